The van der Waals surface area contributed by atoms with E-state index in [1.165, 1.54) is 30.3 Å². The average Bonchev–Trinajstić information content (AvgIpc) is 2.68. The van der Waals surface area contributed by atoms with Gasteiger partial charge in [0.05, 0.1) is 11.4 Å². The molecule has 2 aromatic rings. The molecular formula is C19H20FN3O4S. The van der Waals surface area contributed by atoms with Crippen LogP contribution in [0.1, 0.15) is 12.0 Å². The standard InChI is InChI=1S/C19H20FN3O4S/c20-15-7-4-14(5-8-15)6-9-18(24)22-16-2-1-3-17(12-16)28(26,27)23-11-10-21-19(25)13-23/h1-5,7-8,12H,6,9-11,13H2,(H,21,25)(H,22,24). The summed E-state index contributed by atoms with van der Waals surface area (Å²) in [5.41, 5.74) is 1.18. The van der Waals surface area contributed by atoms with Gasteiger partial charge in [0.15, 0.2) is 0 Å². The van der Waals surface area contributed by atoms with Gasteiger partial charge in [0.1, 0.15) is 5.82 Å². The molecule has 0 spiro atoms. The van der Waals surface area contributed by atoms with E-state index in [9.17, 15) is 22.4 Å². The van der Waals surface area contributed by atoms with Crippen LogP contribution in [0.3, 0.4) is 0 Å². The number of hydrogen-bond donors (Lipinski definition) is 2. The lowest BCUT2D eigenvalue weighted by Gasteiger charge is -2.26. The van der Waals surface area contributed by atoms with E-state index in [1.54, 1.807) is 18.2 Å². The molecule has 3 rings (SSSR count). The Kier molecular flexibility index (Phi) is 6.05. The molecule has 148 valence electrons. The number of aryl methyl sites for hydroxylation is 1. The smallest absolute Gasteiger partial charge is 0.243 e. The number of piperazine rings is 1. The third-order valence-electron chi connectivity index (χ3n) is 4.31. The van der Waals surface area contributed by atoms with Gasteiger partial charge in [-0.15, -0.1) is 0 Å². The van der Waals surface area contributed by atoms with Crippen LogP contribution in [0.4, 0.5) is 10.1 Å². The Balaban J connectivity index is 1.64. The van der Waals surface area contributed by atoms with Gasteiger partial charge in [0, 0.05) is 25.2 Å². The van der Waals surface area contributed by atoms with Crippen molar-refractivity contribution in [1.82, 2.24) is 9.62 Å². The average molecular weight is 405 g/mol. The molecule has 2 N–H and O–H groups in total. The largest absolute Gasteiger partial charge is 0.354 e. The summed E-state index contributed by atoms with van der Waals surface area (Å²) in [5, 5.41) is 5.25. The zero-order valence-electron chi connectivity index (χ0n) is 15.0. The lowest BCUT2D eigenvalue weighted by atomic mass is 10.1. The lowest BCUT2D eigenvalue weighted by molar-refractivity contribution is -0.122. The van der Waals surface area contributed by atoms with Crippen LogP contribution in [0.5, 0.6) is 0 Å². The molecule has 0 unspecified atom stereocenters. The van der Waals surface area contributed by atoms with Crippen LogP contribution in [-0.2, 0) is 26.0 Å². The van der Waals surface area contributed by atoms with Crippen molar-refractivity contribution in [2.45, 2.75) is 17.7 Å². The van der Waals surface area contributed by atoms with E-state index in [0.29, 0.717) is 12.1 Å². The summed E-state index contributed by atoms with van der Waals surface area (Å²) >= 11 is 0. The molecule has 2 amide bonds. The molecule has 9 heteroatoms. The van der Waals surface area contributed by atoms with Gasteiger partial charge in [-0.3, -0.25) is 9.59 Å². The quantitative estimate of drug-likeness (QED) is 0.762. The van der Waals surface area contributed by atoms with Crippen molar-refractivity contribution in [1.29, 1.82) is 0 Å². The molecule has 28 heavy (non-hydrogen) atoms. The van der Waals surface area contributed by atoms with E-state index in [1.807, 2.05) is 0 Å². The molecule has 0 aromatic heterocycles. The SMILES string of the molecule is O=C1CN(S(=O)(=O)c2cccc(NC(=O)CCc3ccc(F)cc3)c2)CCN1. The number of rotatable bonds is 6. The Labute approximate surface area is 162 Å². The van der Waals surface area contributed by atoms with Gasteiger partial charge in [-0.2, -0.15) is 4.31 Å². The number of carbonyl (C=O) groups excluding carboxylic acids is 2. The second-order valence-corrected chi connectivity index (χ2v) is 8.33. The Hall–Kier alpha value is -2.78. The summed E-state index contributed by atoms with van der Waals surface area (Å²) in [5.74, 6) is -0.964. The van der Waals surface area contributed by atoms with Crippen LogP contribution in [0.25, 0.3) is 0 Å². The predicted molar refractivity (Wildman–Crippen MR) is 102 cm³/mol. The topological polar surface area (TPSA) is 95.6 Å². The number of carbonyl (C=O) groups is 2. The molecule has 1 heterocycles. The first-order valence-corrected chi connectivity index (χ1v) is 10.2. The molecule has 1 fully saturated rings. The molecule has 0 atom stereocenters. The number of sulfonamides is 1. The Bertz CT molecular complexity index is 977. The normalized spacial score (nSPS) is 15.1. The fraction of sp³-hybridized carbons (Fsp3) is 0.263. The molecule has 0 saturated carbocycles. The summed E-state index contributed by atoms with van der Waals surface area (Å²) in [7, 11) is -3.83. The third-order valence-corrected chi connectivity index (χ3v) is 6.15. The van der Waals surface area contributed by atoms with Crippen LogP contribution >= 0.6 is 0 Å². The maximum atomic E-state index is 12.9. The number of nitrogens with one attached hydrogen (secondary N) is 2. The molecule has 1 saturated heterocycles. The van der Waals surface area contributed by atoms with Crippen molar-refractivity contribution < 1.29 is 22.4 Å². The summed E-state index contributed by atoms with van der Waals surface area (Å²) in [4.78, 5) is 23.6. The van der Waals surface area contributed by atoms with E-state index in [-0.39, 0.29) is 48.6 Å². The summed E-state index contributed by atoms with van der Waals surface area (Å²) in [6.07, 6.45) is 0.613. The lowest BCUT2D eigenvalue weighted by Crippen LogP contribution is -2.49. The number of hydrogen-bond acceptors (Lipinski definition) is 4. The molecule has 0 radical (unpaired) electrons. The van der Waals surface area contributed by atoms with E-state index < -0.39 is 10.0 Å². The van der Waals surface area contributed by atoms with Crippen LogP contribution in [0.15, 0.2) is 53.4 Å². The predicted octanol–water partition coefficient (Wildman–Crippen LogP) is 1.52. The van der Waals surface area contributed by atoms with Crippen molar-refractivity contribution in [3.63, 3.8) is 0 Å². The van der Waals surface area contributed by atoms with E-state index in [4.69, 9.17) is 0 Å². The molecule has 0 bridgehead atoms. The summed E-state index contributed by atoms with van der Waals surface area (Å²) < 4.78 is 39.4. The van der Waals surface area contributed by atoms with Gasteiger partial charge in [-0.05, 0) is 42.3 Å². The van der Waals surface area contributed by atoms with E-state index in [2.05, 4.69) is 10.6 Å². The van der Waals surface area contributed by atoms with Gasteiger partial charge in [-0.25, -0.2) is 12.8 Å². The zero-order chi connectivity index (χ0) is 20.1. The first-order valence-electron chi connectivity index (χ1n) is 8.76. The molecular weight excluding hydrogens is 385 g/mol. The second kappa shape index (κ2) is 8.49. The van der Waals surface area contributed by atoms with Crippen molar-refractivity contribution in [2.75, 3.05) is 25.0 Å². The van der Waals surface area contributed by atoms with Crippen LogP contribution < -0.4 is 10.6 Å². The van der Waals surface area contributed by atoms with E-state index in [0.717, 1.165) is 9.87 Å². The molecule has 1 aliphatic heterocycles. The first kappa shape index (κ1) is 20.0. The minimum absolute atomic E-state index is 0.0125. The van der Waals surface area contributed by atoms with Crippen LogP contribution in [-0.4, -0.2) is 44.2 Å². The highest BCUT2D eigenvalue weighted by atomic mass is 32.2. The highest BCUT2D eigenvalue weighted by Gasteiger charge is 2.29. The first-order chi connectivity index (χ1) is 13.3. The number of nitrogens with zero attached hydrogens (tertiary/aromatic N) is 1. The molecule has 0 aliphatic carbocycles. The zero-order valence-corrected chi connectivity index (χ0v) is 15.8. The van der Waals surface area contributed by atoms with Gasteiger partial charge < -0.3 is 10.6 Å². The highest BCUT2D eigenvalue weighted by molar-refractivity contribution is 7.89. The molecule has 2 aromatic carbocycles. The van der Waals surface area contributed by atoms with Crippen LogP contribution in [0.2, 0.25) is 0 Å². The Morgan fingerprint density at radius 3 is 2.64 bits per heavy atom. The number of amides is 2. The van der Waals surface area contributed by atoms with Gasteiger partial charge in [-0.1, -0.05) is 18.2 Å². The van der Waals surface area contributed by atoms with Gasteiger partial charge in [0.25, 0.3) is 0 Å². The summed E-state index contributed by atoms with van der Waals surface area (Å²) in [6, 6.07) is 11.8. The maximum absolute atomic E-state index is 12.9. The molecule has 7 nitrogen and oxygen atoms in total. The maximum Gasteiger partial charge on any atom is 0.243 e. The third kappa shape index (κ3) is 4.93. The van der Waals surface area contributed by atoms with Crippen molar-refractivity contribution >= 4 is 27.5 Å². The number of benzene rings is 2. The fourth-order valence-electron chi connectivity index (χ4n) is 2.84. The van der Waals surface area contributed by atoms with Crippen molar-refractivity contribution in [3.05, 3.63) is 59.9 Å². The second-order valence-electron chi connectivity index (χ2n) is 6.39. The molecule has 1 aliphatic rings. The monoisotopic (exact) mass is 405 g/mol. The number of halogens is 1. The Morgan fingerprint density at radius 2 is 1.93 bits per heavy atom. The minimum Gasteiger partial charge on any atom is -0.354 e. The fourth-order valence-corrected chi connectivity index (χ4v) is 4.28. The Morgan fingerprint density at radius 1 is 1.18 bits per heavy atom. The number of anilines is 1. The minimum atomic E-state index is -3.83. The van der Waals surface area contributed by atoms with Crippen molar-refractivity contribution in [3.8, 4) is 0 Å². The summed E-state index contributed by atoms with van der Waals surface area (Å²) in [6.45, 7) is 0.233. The van der Waals surface area contributed by atoms with Crippen LogP contribution in [0, 0.1) is 5.82 Å². The van der Waals surface area contributed by atoms with Crippen molar-refractivity contribution in [2.24, 2.45) is 0 Å². The van der Waals surface area contributed by atoms with E-state index >= 15 is 0 Å². The van der Waals surface area contributed by atoms with Gasteiger partial charge in [0.2, 0.25) is 21.8 Å². The van der Waals surface area contributed by atoms with Gasteiger partial charge >= 0.3 is 0 Å². The highest BCUT2D eigenvalue weighted by Crippen LogP contribution is 2.20.